The number of carbonyl (C=O) groups excluding carboxylic acids is 1. The van der Waals surface area contributed by atoms with E-state index in [4.69, 9.17) is 27.3 Å². The van der Waals surface area contributed by atoms with E-state index in [-0.39, 0.29) is 5.92 Å². The second-order valence-electron chi connectivity index (χ2n) is 8.22. The summed E-state index contributed by atoms with van der Waals surface area (Å²) in [5.41, 5.74) is 6.43. The van der Waals surface area contributed by atoms with Crippen LogP contribution in [0.2, 0.25) is 5.02 Å². The molecule has 1 saturated heterocycles. The first-order chi connectivity index (χ1) is 14.0. The summed E-state index contributed by atoms with van der Waals surface area (Å²) < 4.78 is 5.49. The van der Waals surface area contributed by atoms with Crippen LogP contribution in [0.1, 0.15) is 32.1 Å². The van der Waals surface area contributed by atoms with E-state index in [9.17, 15) is 4.79 Å². The molecule has 1 aromatic rings. The van der Waals surface area contributed by atoms with Crippen molar-refractivity contribution in [3.05, 3.63) is 23.2 Å². The van der Waals surface area contributed by atoms with E-state index in [0.29, 0.717) is 5.92 Å². The van der Waals surface area contributed by atoms with Crippen LogP contribution in [0, 0.1) is 29.1 Å². The lowest BCUT2D eigenvalue weighted by Crippen LogP contribution is -2.47. The van der Waals surface area contributed by atoms with Gasteiger partial charge in [-0.25, -0.2) is 0 Å². The van der Waals surface area contributed by atoms with Gasteiger partial charge in [0.05, 0.1) is 18.9 Å². The minimum Gasteiger partial charge on any atom is -0.495 e. The maximum atomic E-state index is 11.4. The van der Waals surface area contributed by atoms with Gasteiger partial charge in [0.15, 0.2) is 0 Å². The molecule has 1 aliphatic carbocycles. The van der Waals surface area contributed by atoms with Gasteiger partial charge in [-0.1, -0.05) is 24.4 Å². The van der Waals surface area contributed by atoms with Gasteiger partial charge < -0.3 is 15.4 Å². The molecule has 1 saturated carbocycles. The van der Waals surface area contributed by atoms with Gasteiger partial charge in [-0.3, -0.25) is 9.69 Å². The predicted octanol–water partition coefficient (Wildman–Crippen LogP) is 3.29. The molecule has 2 N–H and O–H groups in total. The van der Waals surface area contributed by atoms with Crippen LogP contribution >= 0.6 is 11.6 Å². The van der Waals surface area contributed by atoms with E-state index in [1.807, 2.05) is 18.2 Å². The number of ether oxygens (including phenoxy) is 1. The molecule has 1 atom stereocenters. The quantitative estimate of drug-likeness (QED) is 0.734. The highest BCUT2D eigenvalue weighted by Gasteiger charge is 2.31. The third-order valence-corrected chi connectivity index (χ3v) is 6.75. The Morgan fingerprint density at radius 2 is 1.97 bits per heavy atom. The number of nitrogens with zero attached hydrogens (tertiary/aromatic N) is 3. The highest BCUT2D eigenvalue weighted by Crippen LogP contribution is 2.35. The first kappa shape index (κ1) is 21.7. The monoisotopic (exact) mass is 418 g/mol. The smallest absolute Gasteiger partial charge is 0.235 e. The van der Waals surface area contributed by atoms with Gasteiger partial charge in [0, 0.05) is 31.2 Å². The summed E-state index contributed by atoms with van der Waals surface area (Å²) in [7, 11) is 1.69. The number of methoxy groups -OCH3 is 1. The van der Waals surface area contributed by atoms with Crippen LogP contribution in [0.3, 0.4) is 0 Å². The zero-order chi connectivity index (χ0) is 20.8. The highest BCUT2D eigenvalue weighted by atomic mass is 35.5. The molecule has 1 unspecified atom stereocenters. The van der Waals surface area contributed by atoms with Gasteiger partial charge in [0.1, 0.15) is 11.7 Å². The van der Waals surface area contributed by atoms with Crippen molar-refractivity contribution in [2.45, 2.75) is 32.1 Å². The fraction of sp³-hybridized carbons (Fsp3) is 0.636. The van der Waals surface area contributed by atoms with Crippen LogP contribution in [0.25, 0.3) is 0 Å². The van der Waals surface area contributed by atoms with Gasteiger partial charge in [-0.2, -0.15) is 5.26 Å². The number of nitrogens with two attached hydrogens (primary N) is 1. The largest absolute Gasteiger partial charge is 0.495 e. The number of amides is 1. The number of hydrogen-bond acceptors (Lipinski definition) is 5. The Balaban J connectivity index is 1.42. The molecule has 7 heteroatoms. The molecular weight excluding hydrogens is 388 g/mol. The number of hydrogen-bond donors (Lipinski definition) is 1. The van der Waals surface area contributed by atoms with Crippen LogP contribution in [0.5, 0.6) is 5.75 Å². The van der Waals surface area contributed by atoms with Gasteiger partial charge in [0.2, 0.25) is 5.91 Å². The molecule has 1 heterocycles. The summed E-state index contributed by atoms with van der Waals surface area (Å²) in [4.78, 5) is 16.3. The minimum absolute atomic E-state index is 0.143. The van der Waals surface area contributed by atoms with Gasteiger partial charge in [-0.05, 0) is 55.8 Å². The number of piperazine rings is 1. The summed E-state index contributed by atoms with van der Waals surface area (Å²) in [5, 5.41) is 9.89. The second kappa shape index (κ2) is 10.2. The number of primary amides is 1. The molecule has 0 radical (unpaired) electrons. The van der Waals surface area contributed by atoms with Crippen LogP contribution in [-0.2, 0) is 4.79 Å². The lowest BCUT2D eigenvalue weighted by atomic mass is 9.75. The Morgan fingerprint density at radius 3 is 2.55 bits per heavy atom. The second-order valence-corrected chi connectivity index (χ2v) is 8.66. The maximum Gasteiger partial charge on any atom is 0.235 e. The third-order valence-electron chi connectivity index (χ3n) is 6.52. The lowest BCUT2D eigenvalue weighted by molar-refractivity contribution is -0.122. The number of rotatable bonds is 7. The van der Waals surface area contributed by atoms with E-state index < -0.39 is 11.8 Å². The fourth-order valence-electron chi connectivity index (χ4n) is 4.70. The number of anilines is 1. The van der Waals surface area contributed by atoms with Crippen molar-refractivity contribution in [3.63, 3.8) is 0 Å². The van der Waals surface area contributed by atoms with E-state index >= 15 is 0 Å². The Kier molecular flexibility index (Phi) is 7.63. The predicted molar refractivity (Wildman–Crippen MR) is 115 cm³/mol. The summed E-state index contributed by atoms with van der Waals surface area (Å²) in [5.74, 6) is 0.610. The number of carbonyl (C=O) groups is 1. The molecule has 0 bridgehead atoms. The standard InChI is InChI=1S/C22H31ClN4O2/c1-29-21-7-6-18(23)14-20(21)27-12-10-26(11-13-27)9-8-16-2-4-17(5-3-16)19(15-24)22(25)28/h6-7,14,16-17,19H,2-5,8-13H2,1H3,(H2,25,28). The molecule has 0 aromatic heterocycles. The Morgan fingerprint density at radius 1 is 1.28 bits per heavy atom. The average Bonchev–Trinajstić information content (AvgIpc) is 2.74. The third kappa shape index (κ3) is 5.55. The molecule has 2 aliphatic rings. The number of nitriles is 1. The van der Waals surface area contributed by atoms with Crippen LogP contribution in [-0.4, -0.2) is 50.6 Å². The van der Waals surface area contributed by atoms with E-state index in [1.54, 1.807) is 7.11 Å². The molecular formula is C22H31ClN4O2. The average molecular weight is 419 g/mol. The fourth-order valence-corrected chi connectivity index (χ4v) is 4.87. The van der Waals surface area contributed by atoms with Crippen LogP contribution in [0.15, 0.2) is 18.2 Å². The van der Waals surface area contributed by atoms with Crippen LogP contribution in [0.4, 0.5) is 5.69 Å². The molecule has 0 spiro atoms. The van der Waals surface area contributed by atoms with Crippen molar-refractivity contribution in [1.82, 2.24) is 4.90 Å². The zero-order valence-corrected chi connectivity index (χ0v) is 17.9. The summed E-state index contributed by atoms with van der Waals surface area (Å²) in [6.07, 6.45) is 5.24. The van der Waals surface area contributed by atoms with Crippen molar-refractivity contribution in [3.8, 4) is 11.8 Å². The normalized spacial score (nSPS) is 24.0. The molecule has 29 heavy (non-hydrogen) atoms. The van der Waals surface area contributed by atoms with Crippen LogP contribution < -0.4 is 15.4 Å². The van der Waals surface area contributed by atoms with Gasteiger partial charge in [0.25, 0.3) is 0 Å². The van der Waals surface area contributed by atoms with Crippen molar-refractivity contribution >= 4 is 23.2 Å². The molecule has 1 aliphatic heterocycles. The minimum atomic E-state index is -0.618. The van der Waals surface area contributed by atoms with Gasteiger partial charge >= 0.3 is 0 Å². The molecule has 158 valence electrons. The molecule has 2 fully saturated rings. The Bertz CT molecular complexity index is 735. The molecule has 3 rings (SSSR count). The van der Waals surface area contributed by atoms with Crippen molar-refractivity contribution in [2.75, 3.05) is 44.7 Å². The molecule has 1 aromatic carbocycles. The first-order valence-electron chi connectivity index (χ1n) is 10.5. The molecule has 6 nitrogen and oxygen atoms in total. The van der Waals surface area contributed by atoms with E-state index in [2.05, 4.69) is 15.9 Å². The van der Waals surface area contributed by atoms with E-state index in [1.165, 1.54) is 6.42 Å². The Labute approximate surface area is 178 Å². The van der Waals surface area contributed by atoms with Gasteiger partial charge in [-0.15, -0.1) is 0 Å². The highest BCUT2D eigenvalue weighted by molar-refractivity contribution is 6.30. The summed E-state index contributed by atoms with van der Waals surface area (Å²) in [6.45, 7) is 5.09. The molecule has 1 amide bonds. The summed E-state index contributed by atoms with van der Waals surface area (Å²) >= 11 is 6.18. The van der Waals surface area contributed by atoms with Crippen molar-refractivity contribution in [1.29, 1.82) is 5.26 Å². The SMILES string of the molecule is COc1ccc(Cl)cc1N1CCN(CCC2CCC(C(C#N)C(N)=O)CC2)CC1. The maximum absolute atomic E-state index is 11.4. The van der Waals surface area contributed by atoms with Crippen molar-refractivity contribution < 1.29 is 9.53 Å². The van der Waals surface area contributed by atoms with E-state index in [0.717, 1.165) is 74.9 Å². The topological polar surface area (TPSA) is 82.6 Å². The zero-order valence-electron chi connectivity index (χ0n) is 17.1. The number of benzene rings is 1. The first-order valence-corrected chi connectivity index (χ1v) is 10.9. The Hall–Kier alpha value is -1.97. The summed E-state index contributed by atoms with van der Waals surface area (Å²) in [6, 6.07) is 7.86. The number of halogens is 1. The lowest BCUT2D eigenvalue weighted by Gasteiger charge is -2.37. The van der Waals surface area contributed by atoms with Crippen molar-refractivity contribution in [2.24, 2.45) is 23.5 Å².